The van der Waals surface area contributed by atoms with Crippen molar-refractivity contribution in [3.8, 4) is 5.75 Å². The van der Waals surface area contributed by atoms with Gasteiger partial charge in [0.1, 0.15) is 11.8 Å². The van der Waals surface area contributed by atoms with Crippen molar-refractivity contribution in [3.05, 3.63) is 29.8 Å². The molecule has 6 nitrogen and oxygen atoms in total. The fraction of sp³-hybridized carbons (Fsp3) is 0.529. The van der Waals surface area contributed by atoms with Crippen molar-refractivity contribution in [1.82, 2.24) is 14.7 Å². The van der Waals surface area contributed by atoms with Crippen LogP contribution in [0.15, 0.2) is 24.3 Å². The van der Waals surface area contributed by atoms with E-state index in [9.17, 15) is 9.59 Å². The number of methoxy groups -OCH3 is 1. The molecule has 0 aromatic heterocycles. The minimum Gasteiger partial charge on any atom is -0.497 e. The molecule has 1 aromatic rings. The van der Waals surface area contributed by atoms with Crippen LogP contribution in [0.5, 0.6) is 5.75 Å². The maximum absolute atomic E-state index is 12.4. The number of hydrogen-bond donors (Lipinski definition) is 0. The molecule has 1 fully saturated rings. The van der Waals surface area contributed by atoms with Crippen molar-refractivity contribution in [3.63, 3.8) is 0 Å². The van der Waals surface area contributed by atoms with Gasteiger partial charge < -0.3 is 14.5 Å². The summed E-state index contributed by atoms with van der Waals surface area (Å²) >= 11 is 0. The molecule has 1 saturated heterocycles. The Morgan fingerprint density at radius 2 is 2.04 bits per heavy atom. The standard InChI is InChI=1S/C17H25N3O3/c1-13(21)20-9-8-19(12-16(20)17(22)18(2)3)11-14-6-5-7-15(10-14)23-4/h5-7,10,16H,8-9,11-12H2,1-4H3/t16-/m0/s1. The van der Waals surface area contributed by atoms with E-state index < -0.39 is 6.04 Å². The van der Waals surface area contributed by atoms with Crippen LogP contribution in [0.2, 0.25) is 0 Å². The van der Waals surface area contributed by atoms with E-state index >= 15 is 0 Å². The van der Waals surface area contributed by atoms with Crippen LogP contribution in [-0.4, -0.2) is 73.4 Å². The molecular weight excluding hydrogens is 294 g/mol. The summed E-state index contributed by atoms with van der Waals surface area (Å²) in [5, 5.41) is 0. The molecule has 0 saturated carbocycles. The molecular formula is C17H25N3O3. The van der Waals surface area contributed by atoms with Crippen LogP contribution in [-0.2, 0) is 16.1 Å². The molecule has 1 heterocycles. The number of carbonyl (C=O) groups is 2. The SMILES string of the molecule is COc1cccc(CN2CCN(C(C)=O)[C@H](C(=O)N(C)C)C2)c1. The van der Waals surface area contributed by atoms with E-state index in [0.717, 1.165) is 24.4 Å². The van der Waals surface area contributed by atoms with Gasteiger partial charge in [-0.1, -0.05) is 12.1 Å². The molecule has 2 rings (SSSR count). The molecule has 0 radical (unpaired) electrons. The summed E-state index contributed by atoms with van der Waals surface area (Å²) in [5.41, 5.74) is 1.14. The minimum atomic E-state index is -0.415. The summed E-state index contributed by atoms with van der Waals surface area (Å²) < 4.78 is 5.25. The van der Waals surface area contributed by atoms with Crippen molar-refractivity contribution < 1.29 is 14.3 Å². The van der Waals surface area contributed by atoms with Crippen LogP contribution >= 0.6 is 0 Å². The molecule has 1 aromatic carbocycles. The maximum Gasteiger partial charge on any atom is 0.246 e. The first kappa shape index (κ1) is 17.3. The monoisotopic (exact) mass is 319 g/mol. The lowest BCUT2D eigenvalue weighted by molar-refractivity contribution is -0.146. The third kappa shape index (κ3) is 4.22. The Hall–Kier alpha value is -2.08. The quantitative estimate of drug-likeness (QED) is 0.824. The van der Waals surface area contributed by atoms with Crippen molar-refractivity contribution >= 4 is 11.8 Å². The van der Waals surface area contributed by atoms with Crippen molar-refractivity contribution in [2.24, 2.45) is 0 Å². The number of nitrogens with zero attached hydrogens (tertiary/aromatic N) is 3. The molecule has 0 N–H and O–H groups in total. The number of benzene rings is 1. The van der Waals surface area contributed by atoms with Crippen LogP contribution in [0.4, 0.5) is 0 Å². The van der Waals surface area contributed by atoms with Gasteiger partial charge in [-0.05, 0) is 17.7 Å². The van der Waals surface area contributed by atoms with Gasteiger partial charge in [0.05, 0.1) is 7.11 Å². The summed E-state index contributed by atoms with van der Waals surface area (Å²) in [6.45, 7) is 4.14. The number of ether oxygens (including phenoxy) is 1. The summed E-state index contributed by atoms with van der Waals surface area (Å²) in [5.74, 6) is 0.743. The highest BCUT2D eigenvalue weighted by atomic mass is 16.5. The first-order chi connectivity index (χ1) is 10.9. The molecule has 23 heavy (non-hydrogen) atoms. The van der Waals surface area contributed by atoms with Gasteiger partial charge in [-0.3, -0.25) is 14.5 Å². The summed E-state index contributed by atoms with van der Waals surface area (Å²) in [7, 11) is 5.10. The van der Waals surface area contributed by atoms with Gasteiger partial charge in [-0.25, -0.2) is 0 Å². The highest BCUT2D eigenvalue weighted by molar-refractivity contribution is 5.87. The predicted octanol–water partition coefficient (Wildman–Crippen LogP) is 0.816. The normalized spacial score (nSPS) is 18.6. The van der Waals surface area contributed by atoms with Gasteiger partial charge in [0.25, 0.3) is 0 Å². The van der Waals surface area contributed by atoms with Crippen LogP contribution in [0, 0.1) is 0 Å². The summed E-state index contributed by atoms with van der Waals surface area (Å²) in [6, 6.07) is 7.50. The van der Waals surface area contributed by atoms with Crippen molar-refractivity contribution in [1.29, 1.82) is 0 Å². The second-order valence-corrected chi connectivity index (χ2v) is 6.05. The Balaban J connectivity index is 2.10. The highest BCUT2D eigenvalue weighted by Crippen LogP contribution is 2.18. The van der Waals surface area contributed by atoms with Gasteiger partial charge in [-0.2, -0.15) is 0 Å². The topological polar surface area (TPSA) is 53.1 Å². The Morgan fingerprint density at radius 3 is 2.65 bits per heavy atom. The van der Waals surface area contributed by atoms with E-state index in [1.165, 1.54) is 6.92 Å². The number of rotatable bonds is 4. The van der Waals surface area contributed by atoms with E-state index in [-0.39, 0.29) is 11.8 Å². The molecule has 1 aliphatic rings. The predicted molar refractivity (Wildman–Crippen MR) is 88.1 cm³/mol. The van der Waals surface area contributed by atoms with Gasteiger partial charge in [0, 0.05) is 47.2 Å². The lowest BCUT2D eigenvalue weighted by Crippen LogP contribution is -2.59. The van der Waals surface area contributed by atoms with E-state index in [4.69, 9.17) is 4.74 Å². The van der Waals surface area contributed by atoms with Crippen molar-refractivity contribution in [2.75, 3.05) is 40.8 Å². The minimum absolute atomic E-state index is 0.0319. The largest absolute Gasteiger partial charge is 0.497 e. The zero-order valence-electron chi connectivity index (χ0n) is 14.3. The smallest absolute Gasteiger partial charge is 0.246 e. The average Bonchev–Trinajstić information content (AvgIpc) is 2.53. The first-order valence-corrected chi connectivity index (χ1v) is 7.76. The Bertz CT molecular complexity index is 574. The van der Waals surface area contributed by atoms with E-state index in [1.807, 2.05) is 24.3 Å². The molecule has 2 amide bonds. The molecule has 0 bridgehead atoms. The fourth-order valence-corrected chi connectivity index (χ4v) is 2.90. The summed E-state index contributed by atoms with van der Waals surface area (Å²) in [6.07, 6.45) is 0. The summed E-state index contributed by atoms with van der Waals surface area (Å²) in [4.78, 5) is 29.6. The van der Waals surface area contributed by atoms with Gasteiger partial charge in [-0.15, -0.1) is 0 Å². The second kappa shape index (κ2) is 7.46. The third-order valence-electron chi connectivity index (χ3n) is 4.14. The number of piperazine rings is 1. The average molecular weight is 319 g/mol. The van der Waals surface area contributed by atoms with Crippen LogP contribution in [0.25, 0.3) is 0 Å². The van der Waals surface area contributed by atoms with Crippen LogP contribution < -0.4 is 4.74 Å². The lowest BCUT2D eigenvalue weighted by atomic mass is 10.1. The van der Waals surface area contributed by atoms with Crippen molar-refractivity contribution in [2.45, 2.75) is 19.5 Å². The lowest BCUT2D eigenvalue weighted by Gasteiger charge is -2.41. The molecule has 0 aliphatic carbocycles. The zero-order chi connectivity index (χ0) is 17.0. The third-order valence-corrected chi connectivity index (χ3v) is 4.14. The molecule has 1 aliphatic heterocycles. The molecule has 0 spiro atoms. The Labute approximate surface area is 137 Å². The Morgan fingerprint density at radius 1 is 1.30 bits per heavy atom. The molecule has 126 valence electrons. The second-order valence-electron chi connectivity index (χ2n) is 6.05. The van der Waals surface area contributed by atoms with E-state index in [2.05, 4.69) is 4.90 Å². The van der Waals surface area contributed by atoms with E-state index in [1.54, 1.807) is 31.0 Å². The number of likely N-dealkylation sites (N-methyl/N-ethyl adjacent to an activating group) is 1. The van der Waals surface area contributed by atoms with Crippen LogP contribution in [0.3, 0.4) is 0 Å². The molecule has 1 atom stereocenters. The molecule has 0 unspecified atom stereocenters. The maximum atomic E-state index is 12.4. The van der Waals surface area contributed by atoms with E-state index in [0.29, 0.717) is 13.1 Å². The first-order valence-electron chi connectivity index (χ1n) is 7.76. The molecule has 6 heteroatoms. The van der Waals surface area contributed by atoms with Crippen LogP contribution in [0.1, 0.15) is 12.5 Å². The highest BCUT2D eigenvalue weighted by Gasteiger charge is 2.34. The number of amides is 2. The van der Waals surface area contributed by atoms with Gasteiger partial charge >= 0.3 is 0 Å². The number of carbonyl (C=O) groups excluding carboxylic acids is 2. The Kier molecular flexibility index (Phi) is 5.60. The zero-order valence-corrected chi connectivity index (χ0v) is 14.3. The van der Waals surface area contributed by atoms with Gasteiger partial charge in [0.2, 0.25) is 11.8 Å². The van der Waals surface area contributed by atoms with Gasteiger partial charge in [0.15, 0.2) is 0 Å². The fourth-order valence-electron chi connectivity index (χ4n) is 2.90. The number of hydrogen-bond acceptors (Lipinski definition) is 4.